The highest BCUT2D eigenvalue weighted by molar-refractivity contribution is 8.00. The minimum atomic E-state index is -0.0306. The molecule has 3 rings (SSSR count). The Bertz CT molecular complexity index is 1090. The van der Waals surface area contributed by atoms with Crippen molar-refractivity contribution in [1.82, 2.24) is 0 Å². The molecule has 2 nitrogen and oxygen atoms in total. The number of aryl methyl sites for hydroxylation is 1. The van der Waals surface area contributed by atoms with Gasteiger partial charge in [0.25, 0.3) is 0 Å². The first-order valence-corrected chi connectivity index (χ1v) is 10.8. The Morgan fingerprint density at radius 3 is 2.40 bits per heavy atom. The highest BCUT2D eigenvalue weighted by Crippen LogP contribution is 2.39. The van der Waals surface area contributed by atoms with Crippen LogP contribution in [0.25, 0.3) is 11.1 Å². The summed E-state index contributed by atoms with van der Waals surface area (Å²) in [7, 11) is 0. The van der Waals surface area contributed by atoms with E-state index in [0.717, 1.165) is 32.8 Å². The molecule has 1 N–H and O–H groups in total. The van der Waals surface area contributed by atoms with Gasteiger partial charge >= 0.3 is 0 Å². The van der Waals surface area contributed by atoms with Crippen molar-refractivity contribution in [3.05, 3.63) is 83.4 Å². The molecule has 0 aliphatic heterocycles. The molecule has 0 bridgehead atoms. The van der Waals surface area contributed by atoms with Gasteiger partial charge in [0.15, 0.2) is 0 Å². The van der Waals surface area contributed by atoms with Crippen molar-refractivity contribution in [2.45, 2.75) is 43.8 Å². The molecule has 0 aliphatic rings. The van der Waals surface area contributed by atoms with Gasteiger partial charge in [-0.1, -0.05) is 80.8 Å². The van der Waals surface area contributed by atoms with Crippen molar-refractivity contribution < 1.29 is 4.79 Å². The second-order valence-electron chi connectivity index (χ2n) is 8.33. The molecule has 0 heterocycles. The summed E-state index contributed by atoms with van der Waals surface area (Å²) < 4.78 is 0.0225. The Kier molecular flexibility index (Phi) is 6.70. The smallest absolute Gasteiger partial charge is 0.228 e. The quantitative estimate of drug-likeness (QED) is 0.372. The number of thioether (sulfide) groups is 1. The number of rotatable bonds is 5. The molecule has 1 amide bonds. The van der Waals surface area contributed by atoms with Crippen LogP contribution in [0, 0.1) is 19.3 Å². The number of benzene rings is 3. The van der Waals surface area contributed by atoms with Gasteiger partial charge in [-0.3, -0.25) is 4.79 Å². The van der Waals surface area contributed by atoms with Crippen molar-refractivity contribution in [2.75, 3.05) is 5.32 Å². The molecule has 152 valence electrons. The number of anilines is 1. The van der Waals surface area contributed by atoms with Gasteiger partial charge in [-0.2, -0.15) is 0 Å². The zero-order valence-electron chi connectivity index (χ0n) is 18.0. The molecule has 0 atom stereocenters. The van der Waals surface area contributed by atoms with Crippen molar-refractivity contribution in [3.8, 4) is 23.5 Å². The van der Waals surface area contributed by atoms with Crippen LogP contribution in [0.15, 0.2) is 71.6 Å². The van der Waals surface area contributed by atoms with Gasteiger partial charge in [-0.05, 0) is 41.8 Å². The fourth-order valence-corrected chi connectivity index (χ4v) is 4.18. The Morgan fingerprint density at radius 1 is 1.03 bits per heavy atom. The molecular formula is C27H27NOS. The summed E-state index contributed by atoms with van der Waals surface area (Å²) in [5, 5.41) is 3.13. The second-order valence-corrected chi connectivity index (χ2v) is 10.2. The van der Waals surface area contributed by atoms with E-state index in [9.17, 15) is 4.79 Å². The Morgan fingerprint density at radius 2 is 1.73 bits per heavy atom. The highest BCUT2D eigenvalue weighted by Gasteiger charge is 2.17. The van der Waals surface area contributed by atoms with Crippen LogP contribution in [0.1, 0.15) is 37.5 Å². The maximum absolute atomic E-state index is 12.8. The lowest BCUT2D eigenvalue weighted by Crippen LogP contribution is -2.16. The predicted molar refractivity (Wildman–Crippen MR) is 129 cm³/mol. The summed E-state index contributed by atoms with van der Waals surface area (Å²) in [6, 6.07) is 22.1. The maximum atomic E-state index is 12.8. The van der Waals surface area contributed by atoms with Crippen LogP contribution in [-0.2, 0) is 11.2 Å². The molecule has 3 aromatic carbocycles. The van der Waals surface area contributed by atoms with E-state index in [1.165, 1.54) is 5.56 Å². The summed E-state index contributed by atoms with van der Waals surface area (Å²) in [6.45, 7) is 8.53. The Balaban J connectivity index is 1.93. The molecule has 3 aromatic rings. The first-order valence-electron chi connectivity index (χ1n) is 9.99. The van der Waals surface area contributed by atoms with Crippen molar-refractivity contribution in [1.29, 1.82) is 0 Å². The predicted octanol–water partition coefficient (Wildman–Crippen LogP) is 6.72. The van der Waals surface area contributed by atoms with Gasteiger partial charge in [-0.25, -0.2) is 0 Å². The van der Waals surface area contributed by atoms with E-state index in [-0.39, 0.29) is 10.7 Å². The molecule has 0 radical (unpaired) electrons. The Hall–Kier alpha value is -2.96. The average Bonchev–Trinajstić information content (AvgIpc) is 2.70. The van der Waals surface area contributed by atoms with Gasteiger partial charge in [-0.15, -0.1) is 18.2 Å². The first-order chi connectivity index (χ1) is 14.2. The van der Waals surface area contributed by atoms with E-state index in [1.54, 1.807) is 11.8 Å². The topological polar surface area (TPSA) is 29.1 Å². The summed E-state index contributed by atoms with van der Waals surface area (Å²) in [4.78, 5) is 13.8. The number of hydrogen-bond acceptors (Lipinski definition) is 2. The van der Waals surface area contributed by atoms with Crippen LogP contribution >= 0.6 is 11.8 Å². The van der Waals surface area contributed by atoms with E-state index >= 15 is 0 Å². The molecule has 30 heavy (non-hydrogen) atoms. The zero-order chi connectivity index (χ0) is 21.7. The van der Waals surface area contributed by atoms with Gasteiger partial charge < -0.3 is 5.32 Å². The molecule has 0 saturated carbocycles. The van der Waals surface area contributed by atoms with Crippen LogP contribution < -0.4 is 5.32 Å². The molecule has 3 heteroatoms. The summed E-state index contributed by atoms with van der Waals surface area (Å²) >= 11 is 1.74. The van der Waals surface area contributed by atoms with Crippen molar-refractivity contribution >= 4 is 23.4 Å². The summed E-state index contributed by atoms with van der Waals surface area (Å²) in [6.07, 6.45) is 6.03. The largest absolute Gasteiger partial charge is 0.325 e. The standard InChI is InChI=1S/C27H27NOS/c1-6-21-9-7-8-10-23(21)22-15-16-25(30-27(3,4)5)24(18-22)28-26(29)17-20-13-11-19(2)12-14-20/h1,7-16,18H,17H2,2-5H3,(H,28,29). The Labute approximate surface area is 184 Å². The number of nitrogens with one attached hydrogen (secondary N) is 1. The summed E-state index contributed by atoms with van der Waals surface area (Å²) in [5.41, 5.74) is 5.82. The molecule has 0 fully saturated rings. The van der Waals surface area contributed by atoms with E-state index in [0.29, 0.717) is 6.42 Å². The number of carbonyl (C=O) groups excluding carboxylic acids is 1. The molecule has 0 unspecified atom stereocenters. The van der Waals surface area contributed by atoms with E-state index < -0.39 is 0 Å². The van der Waals surface area contributed by atoms with Crippen LogP contribution in [0.5, 0.6) is 0 Å². The number of amides is 1. The van der Waals surface area contributed by atoms with Crippen LogP contribution in [0.2, 0.25) is 0 Å². The second kappa shape index (κ2) is 9.24. The highest BCUT2D eigenvalue weighted by atomic mass is 32.2. The first kappa shape index (κ1) is 21.7. The van der Waals surface area contributed by atoms with E-state index in [1.807, 2.05) is 61.5 Å². The van der Waals surface area contributed by atoms with Crippen LogP contribution in [0.3, 0.4) is 0 Å². The fraction of sp³-hybridized carbons (Fsp3) is 0.222. The van der Waals surface area contributed by atoms with Gasteiger partial charge in [0.2, 0.25) is 5.91 Å². The zero-order valence-corrected chi connectivity index (χ0v) is 18.8. The monoisotopic (exact) mass is 413 g/mol. The SMILES string of the molecule is C#Cc1ccccc1-c1ccc(SC(C)(C)C)c(NC(=O)Cc2ccc(C)cc2)c1. The minimum absolute atomic E-state index is 0.0225. The maximum Gasteiger partial charge on any atom is 0.228 e. The van der Waals surface area contributed by atoms with Crippen LogP contribution in [0.4, 0.5) is 5.69 Å². The van der Waals surface area contributed by atoms with E-state index in [2.05, 4.69) is 44.1 Å². The normalized spacial score (nSPS) is 11.0. The van der Waals surface area contributed by atoms with Gasteiger partial charge in [0.05, 0.1) is 12.1 Å². The van der Waals surface area contributed by atoms with Crippen LogP contribution in [-0.4, -0.2) is 10.7 Å². The van der Waals surface area contributed by atoms with Gasteiger partial charge in [0, 0.05) is 15.2 Å². The lowest BCUT2D eigenvalue weighted by Gasteiger charge is -2.21. The average molecular weight is 414 g/mol. The van der Waals surface area contributed by atoms with Gasteiger partial charge in [0.1, 0.15) is 0 Å². The third kappa shape index (κ3) is 5.78. The van der Waals surface area contributed by atoms with E-state index in [4.69, 9.17) is 6.42 Å². The molecular weight excluding hydrogens is 386 g/mol. The third-order valence-corrected chi connectivity index (χ3v) is 5.74. The van der Waals surface area contributed by atoms with Crippen molar-refractivity contribution in [2.24, 2.45) is 0 Å². The molecule has 0 spiro atoms. The molecule has 0 aromatic heterocycles. The molecule has 0 aliphatic carbocycles. The number of terminal acetylenes is 1. The lowest BCUT2D eigenvalue weighted by molar-refractivity contribution is -0.115. The minimum Gasteiger partial charge on any atom is -0.325 e. The summed E-state index contributed by atoms with van der Waals surface area (Å²) in [5.74, 6) is 2.72. The third-order valence-electron chi connectivity index (χ3n) is 4.55. The fourth-order valence-electron chi connectivity index (χ4n) is 3.16. The lowest BCUT2D eigenvalue weighted by atomic mass is 9.99. The van der Waals surface area contributed by atoms with Crippen molar-refractivity contribution in [3.63, 3.8) is 0 Å². The number of carbonyl (C=O) groups is 1. The molecule has 0 saturated heterocycles. The number of hydrogen-bond donors (Lipinski definition) is 1.